The van der Waals surface area contributed by atoms with Crippen LogP contribution in [0.25, 0.3) is 0 Å². The topological polar surface area (TPSA) is 109 Å². The van der Waals surface area contributed by atoms with Crippen LogP contribution in [0.5, 0.6) is 0 Å². The first-order valence-corrected chi connectivity index (χ1v) is 6.89. The van der Waals surface area contributed by atoms with Crippen LogP contribution in [0.1, 0.15) is 28.8 Å². The van der Waals surface area contributed by atoms with E-state index in [4.69, 9.17) is 0 Å². The zero-order valence-corrected chi connectivity index (χ0v) is 12.0. The molecule has 1 aromatic rings. The number of benzene rings is 1. The van der Waals surface area contributed by atoms with E-state index >= 15 is 0 Å². The highest BCUT2D eigenvalue weighted by Crippen LogP contribution is 2.27. The van der Waals surface area contributed by atoms with Gasteiger partial charge < -0.3 is 25.1 Å². The number of carbonyl (C=O) groups excluding carboxylic acids is 3. The fourth-order valence-corrected chi connectivity index (χ4v) is 2.52. The van der Waals surface area contributed by atoms with Crippen molar-refractivity contribution in [1.29, 1.82) is 0 Å². The van der Waals surface area contributed by atoms with Gasteiger partial charge in [-0.1, -0.05) is 18.2 Å². The lowest BCUT2D eigenvalue weighted by molar-refractivity contribution is -0.313. The van der Waals surface area contributed by atoms with Gasteiger partial charge in [-0.2, -0.15) is 0 Å². The fourth-order valence-electron chi connectivity index (χ4n) is 2.52. The standard InChI is InChI=1S/C16H17NO5/c1-9-8-10(15(19)20)6-7-13(9)17-14(18)11-4-2-3-5-12(11)16(21)22/h2-3,6-8,11-12H,4-5H2,1H3,(H,17,18)(H,19,20)(H,21,22)/p-2/t11-,12-/m0/s1. The molecule has 0 saturated carbocycles. The molecule has 6 heteroatoms. The van der Waals surface area contributed by atoms with Gasteiger partial charge in [0.2, 0.25) is 5.91 Å². The van der Waals surface area contributed by atoms with Gasteiger partial charge in [0.1, 0.15) is 0 Å². The lowest BCUT2D eigenvalue weighted by Gasteiger charge is -2.28. The zero-order valence-electron chi connectivity index (χ0n) is 12.0. The summed E-state index contributed by atoms with van der Waals surface area (Å²) < 4.78 is 0. The van der Waals surface area contributed by atoms with Gasteiger partial charge in [-0.25, -0.2) is 0 Å². The molecule has 0 aromatic heterocycles. The SMILES string of the molecule is Cc1cc(C(=O)[O-])ccc1NC(=O)[C@H]1CC=CC[C@@H]1C(=O)[O-]. The Kier molecular flexibility index (Phi) is 4.60. The molecule has 2 atom stereocenters. The van der Waals surface area contributed by atoms with E-state index < -0.39 is 29.7 Å². The molecule has 0 heterocycles. The van der Waals surface area contributed by atoms with Crippen molar-refractivity contribution in [3.63, 3.8) is 0 Å². The van der Waals surface area contributed by atoms with Crippen molar-refractivity contribution in [3.8, 4) is 0 Å². The highest BCUT2D eigenvalue weighted by atomic mass is 16.4. The number of carboxylic acids is 2. The summed E-state index contributed by atoms with van der Waals surface area (Å²) in [6, 6.07) is 4.18. The number of amides is 1. The van der Waals surface area contributed by atoms with Crippen molar-refractivity contribution in [2.24, 2.45) is 11.8 Å². The minimum Gasteiger partial charge on any atom is -0.550 e. The molecular weight excluding hydrogens is 286 g/mol. The molecule has 6 nitrogen and oxygen atoms in total. The van der Waals surface area contributed by atoms with Gasteiger partial charge in [-0.05, 0) is 43.0 Å². The van der Waals surface area contributed by atoms with E-state index in [0.717, 1.165) is 0 Å². The van der Waals surface area contributed by atoms with Crippen molar-refractivity contribution in [1.82, 2.24) is 0 Å². The number of anilines is 1. The van der Waals surface area contributed by atoms with Crippen LogP contribution >= 0.6 is 0 Å². The summed E-state index contributed by atoms with van der Waals surface area (Å²) in [6.07, 6.45) is 4.10. The molecule has 0 spiro atoms. The van der Waals surface area contributed by atoms with Crippen LogP contribution in [-0.4, -0.2) is 17.8 Å². The smallest absolute Gasteiger partial charge is 0.228 e. The van der Waals surface area contributed by atoms with Crippen molar-refractivity contribution in [3.05, 3.63) is 41.5 Å². The predicted octanol–water partition coefficient (Wildman–Crippen LogP) is -0.371. The Morgan fingerprint density at radius 2 is 1.73 bits per heavy atom. The van der Waals surface area contributed by atoms with E-state index in [1.54, 1.807) is 19.1 Å². The molecule has 0 aliphatic heterocycles. The number of aromatic carboxylic acids is 1. The van der Waals surface area contributed by atoms with Crippen LogP contribution in [0, 0.1) is 18.8 Å². The van der Waals surface area contributed by atoms with Crippen LogP contribution in [0.4, 0.5) is 5.69 Å². The molecule has 0 saturated heterocycles. The summed E-state index contributed by atoms with van der Waals surface area (Å²) in [5.74, 6) is -4.50. The van der Waals surface area contributed by atoms with Crippen LogP contribution < -0.4 is 15.5 Å². The maximum absolute atomic E-state index is 12.3. The molecule has 2 rings (SSSR count). The average Bonchev–Trinajstić information content (AvgIpc) is 2.48. The van der Waals surface area contributed by atoms with Crippen molar-refractivity contribution in [2.75, 3.05) is 5.32 Å². The molecule has 116 valence electrons. The van der Waals surface area contributed by atoms with E-state index in [2.05, 4.69) is 5.32 Å². The number of carbonyl (C=O) groups is 3. The largest absolute Gasteiger partial charge is 0.550 e. The first-order chi connectivity index (χ1) is 10.4. The first-order valence-electron chi connectivity index (χ1n) is 6.89. The fraction of sp³-hybridized carbons (Fsp3) is 0.312. The minimum atomic E-state index is -1.30. The first kappa shape index (κ1) is 15.8. The van der Waals surface area contributed by atoms with Crippen LogP contribution in [-0.2, 0) is 9.59 Å². The van der Waals surface area contributed by atoms with Gasteiger partial charge in [0.05, 0.1) is 11.9 Å². The van der Waals surface area contributed by atoms with Crippen LogP contribution in [0.15, 0.2) is 30.4 Å². The number of hydrogen-bond donors (Lipinski definition) is 1. The van der Waals surface area contributed by atoms with Gasteiger partial charge in [0.15, 0.2) is 0 Å². The highest BCUT2D eigenvalue weighted by molar-refractivity contribution is 5.96. The van der Waals surface area contributed by atoms with E-state index in [0.29, 0.717) is 17.7 Å². The Morgan fingerprint density at radius 1 is 1.09 bits per heavy atom. The van der Waals surface area contributed by atoms with Gasteiger partial charge >= 0.3 is 0 Å². The Hall–Kier alpha value is -2.63. The molecule has 1 aromatic carbocycles. The number of allylic oxidation sites excluding steroid dienone is 2. The van der Waals surface area contributed by atoms with Crippen LogP contribution in [0.2, 0.25) is 0 Å². The molecule has 0 radical (unpaired) electrons. The Bertz CT molecular complexity index is 650. The summed E-state index contributed by atoms with van der Waals surface area (Å²) in [5, 5.41) is 24.5. The predicted molar refractivity (Wildman–Crippen MR) is 74.5 cm³/mol. The molecule has 1 aliphatic carbocycles. The maximum Gasteiger partial charge on any atom is 0.228 e. The molecule has 1 N–H and O–H groups in total. The molecule has 0 fully saturated rings. The number of hydrogen-bond acceptors (Lipinski definition) is 5. The third kappa shape index (κ3) is 3.33. The second-order valence-electron chi connectivity index (χ2n) is 5.28. The third-order valence-electron chi connectivity index (χ3n) is 3.79. The molecule has 0 unspecified atom stereocenters. The second kappa shape index (κ2) is 6.43. The number of aliphatic carboxylic acids is 1. The lowest BCUT2D eigenvalue weighted by atomic mass is 9.82. The minimum absolute atomic E-state index is 0.0173. The van der Waals surface area contributed by atoms with Gasteiger partial charge in [-0.15, -0.1) is 0 Å². The second-order valence-corrected chi connectivity index (χ2v) is 5.28. The van der Waals surface area contributed by atoms with E-state index in [-0.39, 0.29) is 12.0 Å². The summed E-state index contributed by atoms with van der Waals surface area (Å²) in [6.45, 7) is 1.65. The zero-order chi connectivity index (χ0) is 16.3. The Labute approximate surface area is 127 Å². The third-order valence-corrected chi connectivity index (χ3v) is 3.79. The van der Waals surface area contributed by atoms with Crippen molar-refractivity contribution in [2.45, 2.75) is 19.8 Å². The Morgan fingerprint density at radius 3 is 2.27 bits per heavy atom. The lowest BCUT2D eigenvalue weighted by Crippen LogP contribution is -2.41. The monoisotopic (exact) mass is 301 g/mol. The molecular formula is C16H15NO5-2. The summed E-state index contributed by atoms with van der Waals surface area (Å²) in [4.78, 5) is 34.2. The Balaban J connectivity index is 2.16. The molecule has 1 aliphatic rings. The molecule has 0 bridgehead atoms. The van der Waals surface area contributed by atoms with E-state index in [9.17, 15) is 24.6 Å². The van der Waals surface area contributed by atoms with Crippen LogP contribution in [0.3, 0.4) is 0 Å². The van der Waals surface area contributed by atoms with Gasteiger partial charge in [0.25, 0.3) is 0 Å². The average molecular weight is 301 g/mol. The highest BCUT2D eigenvalue weighted by Gasteiger charge is 2.29. The van der Waals surface area contributed by atoms with Crippen molar-refractivity contribution >= 4 is 23.5 Å². The maximum atomic E-state index is 12.3. The quantitative estimate of drug-likeness (QED) is 0.763. The van der Waals surface area contributed by atoms with E-state index in [1.165, 1.54) is 18.2 Å². The number of aryl methyl sites for hydroxylation is 1. The normalized spacial score (nSPS) is 20.4. The van der Waals surface area contributed by atoms with E-state index in [1.807, 2.05) is 0 Å². The summed E-state index contributed by atoms with van der Waals surface area (Å²) in [5.41, 5.74) is 1.02. The number of nitrogens with one attached hydrogen (secondary N) is 1. The van der Waals surface area contributed by atoms with Crippen molar-refractivity contribution < 1.29 is 24.6 Å². The summed E-state index contributed by atoms with van der Waals surface area (Å²) in [7, 11) is 0. The number of carboxylic acid groups (broad SMARTS) is 2. The number of rotatable bonds is 4. The molecule has 1 amide bonds. The van der Waals surface area contributed by atoms with Gasteiger partial charge in [0, 0.05) is 17.6 Å². The molecule has 22 heavy (non-hydrogen) atoms. The summed E-state index contributed by atoms with van der Waals surface area (Å²) >= 11 is 0. The van der Waals surface area contributed by atoms with Gasteiger partial charge in [-0.3, -0.25) is 4.79 Å².